The number of amides is 1. The van der Waals surface area contributed by atoms with Crippen molar-refractivity contribution in [3.05, 3.63) is 59.2 Å². The van der Waals surface area contributed by atoms with Gasteiger partial charge in [-0.1, -0.05) is 13.0 Å². The average Bonchev–Trinajstić information content (AvgIpc) is 3.23. The van der Waals surface area contributed by atoms with Crippen LogP contribution in [0.3, 0.4) is 0 Å². The highest BCUT2D eigenvalue weighted by Crippen LogP contribution is 2.27. The molecule has 0 aliphatic carbocycles. The number of carbonyl (C=O) groups excluding carboxylic acids is 1. The molecule has 0 radical (unpaired) electrons. The number of fused-ring (bicyclic) bond motifs is 1. The van der Waals surface area contributed by atoms with Crippen LogP contribution >= 0.6 is 0 Å². The zero-order valence-electron chi connectivity index (χ0n) is 15.1. The maximum absolute atomic E-state index is 12.6. The molecule has 1 amide bonds. The Bertz CT molecular complexity index is 863. The molecule has 0 bridgehead atoms. The molecular formula is C20H24N2O3. The molecule has 0 spiro atoms. The van der Waals surface area contributed by atoms with Crippen LogP contribution in [0.15, 0.2) is 45.4 Å². The van der Waals surface area contributed by atoms with Crippen molar-refractivity contribution in [2.24, 2.45) is 0 Å². The van der Waals surface area contributed by atoms with Crippen LogP contribution in [0.1, 0.15) is 40.4 Å². The number of aryl methyl sites for hydroxylation is 2. The molecule has 3 aromatic rings. The number of hydrogen-bond acceptors (Lipinski definition) is 4. The number of nitrogens with one attached hydrogen (secondary N) is 1. The van der Waals surface area contributed by atoms with E-state index in [1.807, 2.05) is 50.2 Å². The standard InChI is InChI=1S/C20H24N2O3/c1-5-14-8-9-17-15(11-14)13(2)19(25-17)20(23)21-12-16(22(3)4)18-7-6-10-24-18/h6-11,16H,5,12H2,1-4H3,(H,21,23). The lowest BCUT2D eigenvalue weighted by atomic mass is 10.1. The first kappa shape index (κ1) is 17.3. The monoisotopic (exact) mass is 340 g/mol. The molecule has 0 saturated heterocycles. The number of carbonyl (C=O) groups is 1. The molecule has 2 heterocycles. The summed E-state index contributed by atoms with van der Waals surface area (Å²) in [6.07, 6.45) is 2.60. The van der Waals surface area contributed by atoms with Gasteiger partial charge < -0.3 is 14.2 Å². The maximum Gasteiger partial charge on any atom is 0.287 e. The SMILES string of the molecule is CCc1ccc2oc(C(=O)NCC(c3ccco3)N(C)C)c(C)c2c1. The smallest absolute Gasteiger partial charge is 0.287 e. The Kier molecular flexibility index (Phi) is 4.95. The van der Waals surface area contributed by atoms with Gasteiger partial charge in [0.1, 0.15) is 11.3 Å². The van der Waals surface area contributed by atoms with E-state index < -0.39 is 0 Å². The molecular weight excluding hydrogens is 316 g/mol. The van der Waals surface area contributed by atoms with E-state index in [2.05, 4.69) is 18.3 Å². The predicted molar refractivity (Wildman–Crippen MR) is 97.8 cm³/mol. The molecule has 5 nitrogen and oxygen atoms in total. The minimum Gasteiger partial charge on any atom is -0.468 e. The number of hydrogen-bond donors (Lipinski definition) is 1. The van der Waals surface area contributed by atoms with Gasteiger partial charge in [-0.05, 0) is 57.3 Å². The first-order chi connectivity index (χ1) is 12.0. The van der Waals surface area contributed by atoms with Crippen molar-refractivity contribution < 1.29 is 13.6 Å². The number of benzene rings is 1. The third kappa shape index (κ3) is 3.46. The molecule has 1 atom stereocenters. The Hall–Kier alpha value is -2.53. The van der Waals surface area contributed by atoms with E-state index in [1.54, 1.807) is 6.26 Å². The maximum atomic E-state index is 12.6. The molecule has 0 fully saturated rings. The van der Waals surface area contributed by atoms with Crippen LogP contribution in [0, 0.1) is 6.92 Å². The van der Waals surface area contributed by atoms with E-state index in [0.717, 1.165) is 28.7 Å². The molecule has 1 aromatic carbocycles. The lowest BCUT2D eigenvalue weighted by molar-refractivity contribution is 0.0912. The zero-order chi connectivity index (χ0) is 18.0. The fourth-order valence-electron chi connectivity index (χ4n) is 2.99. The van der Waals surface area contributed by atoms with Gasteiger partial charge in [-0.3, -0.25) is 9.69 Å². The van der Waals surface area contributed by atoms with E-state index in [9.17, 15) is 4.79 Å². The van der Waals surface area contributed by atoms with Crippen molar-refractivity contribution in [2.75, 3.05) is 20.6 Å². The van der Waals surface area contributed by atoms with E-state index in [0.29, 0.717) is 12.3 Å². The van der Waals surface area contributed by atoms with Gasteiger partial charge in [-0.15, -0.1) is 0 Å². The highest BCUT2D eigenvalue weighted by molar-refractivity contribution is 5.99. The van der Waals surface area contributed by atoms with Gasteiger partial charge in [0.2, 0.25) is 0 Å². The fourth-order valence-corrected chi connectivity index (χ4v) is 2.99. The normalized spacial score (nSPS) is 12.7. The summed E-state index contributed by atoms with van der Waals surface area (Å²) in [6, 6.07) is 9.79. The molecule has 5 heteroatoms. The highest BCUT2D eigenvalue weighted by atomic mass is 16.3. The van der Waals surface area contributed by atoms with Gasteiger partial charge in [-0.25, -0.2) is 0 Å². The predicted octanol–water partition coefficient (Wildman–Crippen LogP) is 3.93. The van der Waals surface area contributed by atoms with Gasteiger partial charge >= 0.3 is 0 Å². The van der Waals surface area contributed by atoms with Gasteiger partial charge in [0.05, 0.1) is 12.3 Å². The van der Waals surface area contributed by atoms with E-state index in [4.69, 9.17) is 8.83 Å². The lowest BCUT2D eigenvalue weighted by Crippen LogP contribution is -2.34. The van der Waals surface area contributed by atoms with Crippen molar-refractivity contribution in [1.29, 1.82) is 0 Å². The second-order valence-corrected chi connectivity index (χ2v) is 6.45. The molecule has 132 valence electrons. The number of furan rings is 2. The summed E-state index contributed by atoms with van der Waals surface area (Å²) in [5.41, 5.74) is 2.85. The van der Waals surface area contributed by atoms with Crippen LogP contribution in [-0.4, -0.2) is 31.4 Å². The van der Waals surface area contributed by atoms with E-state index in [1.165, 1.54) is 5.56 Å². The van der Waals surface area contributed by atoms with Crippen LogP contribution in [-0.2, 0) is 6.42 Å². The summed E-state index contributed by atoms with van der Waals surface area (Å²) >= 11 is 0. The molecule has 3 rings (SSSR count). The van der Waals surface area contributed by atoms with Crippen LogP contribution < -0.4 is 5.32 Å². The minimum atomic E-state index is -0.204. The van der Waals surface area contributed by atoms with Crippen LogP contribution in [0.5, 0.6) is 0 Å². The molecule has 25 heavy (non-hydrogen) atoms. The Labute approximate surface area is 147 Å². The Morgan fingerprint density at radius 3 is 2.72 bits per heavy atom. The molecule has 2 aromatic heterocycles. The first-order valence-electron chi connectivity index (χ1n) is 8.51. The Balaban J connectivity index is 1.79. The number of nitrogens with zero attached hydrogens (tertiary/aromatic N) is 1. The Morgan fingerprint density at radius 2 is 2.08 bits per heavy atom. The first-order valence-corrected chi connectivity index (χ1v) is 8.51. The summed E-state index contributed by atoms with van der Waals surface area (Å²) in [5, 5.41) is 3.96. The lowest BCUT2D eigenvalue weighted by Gasteiger charge is -2.22. The van der Waals surface area contributed by atoms with E-state index >= 15 is 0 Å². The van der Waals surface area contributed by atoms with Crippen molar-refractivity contribution in [2.45, 2.75) is 26.3 Å². The van der Waals surface area contributed by atoms with Gasteiger partial charge in [0, 0.05) is 17.5 Å². The summed E-state index contributed by atoms with van der Waals surface area (Å²) in [4.78, 5) is 14.6. The second-order valence-electron chi connectivity index (χ2n) is 6.45. The topological polar surface area (TPSA) is 58.6 Å². The quantitative estimate of drug-likeness (QED) is 0.739. The average molecular weight is 340 g/mol. The van der Waals surface area contributed by atoms with Gasteiger partial charge in [-0.2, -0.15) is 0 Å². The van der Waals surface area contributed by atoms with Crippen LogP contribution in [0.4, 0.5) is 0 Å². The number of rotatable bonds is 6. The molecule has 1 N–H and O–H groups in total. The third-order valence-electron chi connectivity index (χ3n) is 4.57. The summed E-state index contributed by atoms with van der Waals surface area (Å²) in [7, 11) is 3.91. The highest BCUT2D eigenvalue weighted by Gasteiger charge is 2.21. The van der Waals surface area contributed by atoms with E-state index in [-0.39, 0.29) is 11.9 Å². The Morgan fingerprint density at radius 1 is 1.28 bits per heavy atom. The summed E-state index contributed by atoms with van der Waals surface area (Å²) in [6.45, 7) is 4.48. The second kappa shape index (κ2) is 7.15. The summed E-state index contributed by atoms with van der Waals surface area (Å²) < 4.78 is 11.3. The molecule has 0 aliphatic heterocycles. The molecule has 0 aliphatic rings. The molecule has 0 saturated carbocycles. The van der Waals surface area contributed by atoms with Gasteiger partial charge in [0.15, 0.2) is 5.76 Å². The zero-order valence-corrected chi connectivity index (χ0v) is 15.1. The minimum absolute atomic E-state index is 0.0321. The number of likely N-dealkylation sites (N-methyl/N-ethyl adjacent to an activating group) is 1. The van der Waals surface area contributed by atoms with Crippen LogP contribution in [0.25, 0.3) is 11.0 Å². The largest absolute Gasteiger partial charge is 0.468 e. The van der Waals surface area contributed by atoms with Crippen molar-refractivity contribution in [1.82, 2.24) is 10.2 Å². The van der Waals surface area contributed by atoms with Crippen molar-refractivity contribution in [3.8, 4) is 0 Å². The fraction of sp³-hybridized carbons (Fsp3) is 0.350. The van der Waals surface area contributed by atoms with Crippen molar-refractivity contribution >= 4 is 16.9 Å². The summed E-state index contributed by atoms with van der Waals surface area (Å²) in [5.74, 6) is 0.990. The molecule has 1 unspecified atom stereocenters. The van der Waals surface area contributed by atoms with Gasteiger partial charge in [0.25, 0.3) is 5.91 Å². The van der Waals surface area contributed by atoms with Crippen LogP contribution in [0.2, 0.25) is 0 Å². The third-order valence-corrected chi connectivity index (χ3v) is 4.57. The van der Waals surface area contributed by atoms with Crippen molar-refractivity contribution in [3.63, 3.8) is 0 Å².